The van der Waals surface area contributed by atoms with Gasteiger partial charge in [0.2, 0.25) is 5.91 Å². The normalized spacial score (nSPS) is 13.3. The molecule has 1 aromatic carbocycles. The number of imide groups is 1. The zero-order chi connectivity index (χ0) is 18.3. The number of pyridine rings is 1. The molecule has 0 bridgehead atoms. The zero-order valence-corrected chi connectivity index (χ0v) is 13.5. The lowest BCUT2D eigenvalue weighted by molar-refractivity contribution is -0.121. The Hall–Kier alpha value is -3.55. The Kier molecular flexibility index (Phi) is 3.72. The predicted molar refractivity (Wildman–Crippen MR) is 88.8 cm³/mol. The number of carbonyl (C=O) groups excluding carboxylic acids is 3. The fraction of sp³-hybridized carbons (Fsp3) is 0.111. The van der Waals surface area contributed by atoms with Gasteiger partial charge in [0.25, 0.3) is 11.8 Å². The van der Waals surface area contributed by atoms with Crippen LogP contribution in [0.5, 0.6) is 0 Å². The van der Waals surface area contributed by atoms with Crippen molar-refractivity contribution in [2.75, 3.05) is 6.54 Å². The van der Waals surface area contributed by atoms with Crippen LogP contribution >= 0.6 is 0 Å². The minimum Gasteiger partial charge on any atom is -0.349 e. The first-order valence-corrected chi connectivity index (χ1v) is 7.88. The molecule has 0 spiro atoms. The fourth-order valence-electron chi connectivity index (χ4n) is 2.87. The number of imidazole rings is 1. The molecule has 7 nitrogen and oxygen atoms in total. The summed E-state index contributed by atoms with van der Waals surface area (Å²) in [5.74, 6) is -1.84. The van der Waals surface area contributed by atoms with Crippen LogP contribution in [0.3, 0.4) is 0 Å². The highest BCUT2D eigenvalue weighted by Gasteiger charge is 2.36. The van der Waals surface area contributed by atoms with Crippen LogP contribution in [-0.4, -0.2) is 38.6 Å². The standard InChI is InChI=1S/C18H13FN4O3/c19-11-5-6-15-21-12(9-22(15)8-11)7-20-16(24)10-23-17(25)13-3-1-2-4-14(13)18(23)26/h1-6,8-9H,7,10H2,(H,20,24). The first-order chi connectivity index (χ1) is 12.5. The highest BCUT2D eigenvalue weighted by atomic mass is 19.1. The van der Waals surface area contributed by atoms with Crippen LogP contribution in [0.1, 0.15) is 26.4 Å². The van der Waals surface area contributed by atoms with Gasteiger partial charge in [0, 0.05) is 12.4 Å². The van der Waals surface area contributed by atoms with Crippen molar-refractivity contribution in [2.24, 2.45) is 0 Å². The van der Waals surface area contributed by atoms with Gasteiger partial charge in [0.15, 0.2) is 0 Å². The van der Waals surface area contributed by atoms with E-state index in [9.17, 15) is 18.8 Å². The summed E-state index contributed by atoms with van der Waals surface area (Å²) >= 11 is 0. The van der Waals surface area contributed by atoms with Gasteiger partial charge in [-0.25, -0.2) is 9.37 Å². The molecule has 130 valence electrons. The largest absolute Gasteiger partial charge is 0.349 e. The molecule has 0 unspecified atom stereocenters. The van der Waals surface area contributed by atoms with Crippen LogP contribution in [0.2, 0.25) is 0 Å². The summed E-state index contributed by atoms with van der Waals surface area (Å²) in [5.41, 5.74) is 1.68. The number of benzene rings is 1. The van der Waals surface area contributed by atoms with Crippen LogP contribution in [0.25, 0.3) is 5.65 Å². The van der Waals surface area contributed by atoms with Crippen LogP contribution < -0.4 is 5.32 Å². The number of rotatable bonds is 4. The molecule has 0 saturated heterocycles. The first kappa shape index (κ1) is 15.9. The maximum absolute atomic E-state index is 13.2. The highest BCUT2D eigenvalue weighted by molar-refractivity contribution is 6.22. The number of carbonyl (C=O) groups is 3. The van der Waals surface area contributed by atoms with Crippen molar-refractivity contribution in [3.05, 3.63) is 71.4 Å². The molecular weight excluding hydrogens is 339 g/mol. The molecule has 0 radical (unpaired) electrons. The van der Waals surface area contributed by atoms with E-state index >= 15 is 0 Å². The van der Waals surface area contributed by atoms with E-state index in [-0.39, 0.29) is 13.1 Å². The summed E-state index contributed by atoms with van der Waals surface area (Å²) in [5, 5.41) is 2.61. The summed E-state index contributed by atoms with van der Waals surface area (Å²) in [4.78, 5) is 41.8. The number of amides is 3. The summed E-state index contributed by atoms with van der Waals surface area (Å²) in [6.07, 6.45) is 2.88. The van der Waals surface area contributed by atoms with Crippen LogP contribution in [0.4, 0.5) is 4.39 Å². The first-order valence-electron chi connectivity index (χ1n) is 7.88. The molecule has 0 fully saturated rings. The number of aromatic nitrogens is 2. The minimum atomic E-state index is -0.484. The van der Waals surface area contributed by atoms with Crippen molar-refractivity contribution in [3.63, 3.8) is 0 Å². The van der Waals surface area contributed by atoms with Crippen molar-refractivity contribution < 1.29 is 18.8 Å². The number of hydrogen-bond donors (Lipinski definition) is 1. The molecule has 1 N–H and O–H groups in total. The average molecular weight is 352 g/mol. The third kappa shape index (κ3) is 2.71. The van der Waals surface area contributed by atoms with Gasteiger partial charge in [-0.2, -0.15) is 0 Å². The molecule has 1 aliphatic rings. The summed E-state index contributed by atoms with van der Waals surface area (Å²) < 4.78 is 14.7. The molecule has 8 heteroatoms. The second-order valence-corrected chi connectivity index (χ2v) is 5.86. The molecule has 3 heterocycles. The second kappa shape index (κ2) is 6.07. The Balaban J connectivity index is 1.41. The van der Waals surface area contributed by atoms with Gasteiger partial charge in [-0.1, -0.05) is 12.1 Å². The number of halogens is 1. The van der Waals surface area contributed by atoms with Crippen molar-refractivity contribution in [1.29, 1.82) is 0 Å². The lowest BCUT2D eigenvalue weighted by atomic mass is 10.1. The monoisotopic (exact) mass is 352 g/mol. The van der Waals surface area contributed by atoms with Gasteiger partial charge < -0.3 is 9.72 Å². The van der Waals surface area contributed by atoms with Gasteiger partial charge in [-0.15, -0.1) is 0 Å². The van der Waals surface area contributed by atoms with Crippen molar-refractivity contribution in [2.45, 2.75) is 6.54 Å². The van der Waals surface area contributed by atoms with E-state index in [1.54, 1.807) is 30.5 Å². The molecule has 3 amide bonds. The van der Waals surface area contributed by atoms with Crippen molar-refractivity contribution in [1.82, 2.24) is 19.6 Å². The average Bonchev–Trinajstić information content (AvgIpc) is 3.14. The topological polar surface area (TPSA) is 83.8 Å². The Morgan fingerprint density at radius 2 is 1.73 bits per heavy atom. The highest BCUT2D eigenvalue weighted by Crippen LogP contribution is 2.21. The summed E-state index contributed by atoms with van der Waals surface area (Å²) in [7, 11) is 0. The molecule has 26 heavy (non-hydrogen) atoms. The Bertz CT molecular complexity index is 1020. The quantitative estimate of drug-likeness (QED) is 0.719. The molecule has 3 aromatic rings. The summed E-state index contributed by atoms with van der Waals surface area (Å²) in [6, 6.07) is 9.28. The third-order valence-electron chi connectivity index (χ3n) is 4.11. The second-order valence-electron chi connectivity index (χ2n) is 5.86. The van der Waals surface area contributed by atoms with E-state index in [0.717, 1.165) is 4.90 Å². The van der Waals surface area contributed by atoms with Crippen molar-refractivity contribution in [3.8, 4) is 0 Å². The van der Waals surface area contributed by atoms with E-state index < -0.39 is 23.5 Å². The molecule has 1 aliphatic heterocycles. The van der Waals surface area contributed by atoms with E-state index in [1.165, 1.54) is 22.7 Å². The van der Waals surface area contributed by atoms with E-state index in [1.807, 2.05) is 0 Å². The number of fused-ring (bicyclic) bond motifs is 2. The molecular formula is C18H13FN4O3. The fourth-order valence-corrected chi connectivity index (χ4v) is 2.87. The van der Waals surface area contributed by atoms with Gasteiger partial charge in [-0.05, 0) is 24.3 Å². The minimum absolute atomic E-state index is 0.102. The molecule has 0 aliphatic carbocycles. The Labute approximate surface area is 147 Å². The smallest absolute Gasteiger partial charge is 0.262 e. The molecule has 0 atom stereocenters. The van der Waals surface area contributed by atoms with Gasteiger partial charge in [0.1, 0.15) is 18.0 Å². The SMILES string of the molecule is O=C(CN1C(=O)c2ccccc2C1=O)NCc1cn2cc(F)ccc2n1. The molecule has 0 saturated carbocycles. The van der Waals surface area contributed by atoms with Crippen LogP contribution in [0.15, 0.2) is 48.8 Å². The number of nitrogens with zero attached hydrogens (tertiary/aromatic N) is 3. The van der Waals surface area contributed by atoms with E-state index in [0.29, 0.717) is 22.5 Å². The predicted octanol–water partition coefficient (Wildman–Crippen LogP) is 1.39. The molecule has 2 aromatic heterocycles. The van der Waals surface area contributed by atoms with Crippen LogP contribution in [-0.2, 0) is 11.3 Å². The maximum atomic E-state index is 13.2. The number of hydrogen-bond acceptors (Lipinski definition) is 4. The Morgan fingerprint density at radius 3 is 2.42 bits per heavy atom. The van der Waals surface area contributed by atoms with Gasteiger partial charge in [-0.3, -0.25) is 19.3 Å². The summed E-state index contributed by atoms with van der Waals surface area (Å²) in [6.45, 7) is -0.264. The Morgan fingerprint density at radius 1 is 1.04 bits per heavy atom. The third-order valence-corrected chi connectivity index (χ3v) is 4.11. The lowest BCUT2D eigenvalue weighted by Crippen LogP contribution is -2.40. The van der Waals surface area contributed by atoms with Gasteiger partial charge in [0.05, 0.1) is 23.4 Å². The van der Waals surface area contributed by atoms with E-state index in [2.05, 4.69) is 10.3 Å². The maximum Gasteiger partial charge on any atom is 0.262 e. The van der Waals surface area contributed by atoms with E-state index in [4.69, 9.17) is 0 Å². The lowest BCUT2D eigenvalue weighted by Gasteiger charge is -2.13. The van der Waals surface area contributed by atoms with Crippen LogP contribution in [0, 0.1) is 5.82 Å². The number of nitrogens with one attached hydrogen (secondary N) is 1. The van der Waals surface area contributed by atoms with Gasteiger partial charge >= 0.3 is 0 Å². The zero-order valence-electron chi connectivity index (χ0n) is 13.5. The van der Waals surface area contributed by atoms with Crippen molar-refractivity contribution >= 4 is 23.4 Å². The molecule has 4 rings (SSSR count).